The van der Waals surface area contributed by atoms with Crippen LogP contribution in [-0.2, 0) is 0 Å². The Morgan fingerprint density at radius 3 is 0.775 bits per heavy atom. The lowest BCUT2D eigenvalue weighted by molar-refractivity contribution is 1.18. The molecule has 0 radical (unpaired) electrons. The van der Waals surface area contributed by atoms with Crippen LogP contribution in [0.15, 0.2) is 352 Å². The van der Waals surface area contributed by atoms with Gasteiger partial charge < -0.3 is 39.2 Å². The van der Waals surface area contributed by atoms with Crippen molar-refractivity contribution < 1.29 is 0 Å². The van der Waals surface area contributed by atoms with Crippen molar-refractivity contribution in [1.82, 2.24) is 0 Å². The van der Waals surface area contributed by atoms with Gasteiger partial charge in [-0.2, -0.15) is 0 Å². The summed E-state index contributed by atoms with van der Waals surface area (Å²) in [5, 5.41) is 18.4. The van der Waals surface area contributed by atoms with Crippen LogP contribution in [0.25, 0.3) is 75.4 Å². The van der Waals surface area contributed by atoms with E-state index in [0.29, 0.717) is 0 Å². The fourth-order valence-electron chi connectivity index (χ4n) is 22.4. The van der Waals surface area contributed by atoms with Crippen LogP contribution in [0.4, 0.5) is 91.0 Å². The maximum atomic E-state index is 2.42. The van der Waals surface area contributed by atoms with Crippen LogP contribution in [0.3, 0.4) is 0 Å². The molecule has 8 aliphatic heterocycles. The Hall–Kier alpha value is -14.3. The van der Waals surface area contributed by atoms with Crippen LogP contribution >= 0.6 is 0 Å². The number of benzene rings is 19. The van der Waals surface area contributed by atoms with E-state index in [1.165, 1.54) is 232 Å². The van der Waals surface area contributed by atoms with Gasteiger partial charge in [0.1, 0.15) is 0 Å². The minimum Gasteiger partial charge on any atom is -0.345 e. The Labute approximate surface area is 701 Å². The van der Waals surface area contributed by atoms with Gasteiger partial charge in [0, 0.05) is 153 Å². The van der Waals surface area contributed by atoms with Gasteiger partial charge in [-0.1, -0.05) is 261 Å². The second kappa shape index (κ2) is 26.6. The number of rotatable bonds is 0. The first-order chi connectivity index (χ1) is 58.9. The lowest BCUT2D eigenvalue weighted by Gasteiger charge is -2.42. The number of hydrogen-bond acceptors (Lipinski definition) is 8. The molecule has 19 aromatic carbocycles. The molecule has 0 bridgehead atoms. The third-order valence-corrected chi connectivity index (χ3v) is 28.0. The van der Waals surface area contributed by atoms with Gasteiger partial charge in [0.15, 0.2) is 0 Å². The topological polar surface area (TPSA) is 25.9 Å². The second-order valence-corrected chi connectivity index (χ2v) is 33.8. The first kappa shape index (κ1) is 69.9. The molecule has 0 saturated carbocycles. The molecule has 0 aliphatic carbocycles. The van der Waals surface area contributed by atoms with E-state index in [-0.39, 0.29) is 26.9 Å². The van der Waals surface area contributed by atoms with Crippen LogP contribution < -0.4 is 105 Å². The molecule has 12 heteroatoms. The van der Waals surface area contributed by atoms with Gasteiger partial charge >= 0.3 is 0 Å². The first-order valence-electron chi connectivity index (χ1n) is 42.1. The Morgan fingerprint density at radius 2 is 0.383 bits per heavy atom. The molecule has 0 N–H and O–H groups in total. The smallest absolute Gasteiger partial charge is 0.253 e. The number of para-hydroxylation sites is 1. The van der Waals surface area contributed by atoms with E-state index in [9.17, 15) is 0 Å². The molecular formula is C108H82B4N8. The van der Waals surface area contributed by atoms with Gasteiger partial charge in [0.05, 0.1) is 0 Å². The minimum atomic E-state index is 0.209. The molecule has 0 saturated heterocycles. The van der Waals surface area contributed by atoms with Gasteiger partial charge in [-0.3, -0.25) is 0 Å². The normalized spacial score (nSPS) is 14.0. The van der Waals surface area contributed by atoms with Crippen molar-refractivity contribution in [3.05, 3.63) is 352 Å². The summed E-state index contributed by atoms with van der Waals surface area (Å²) >= 11 is 0. The highest BCUT2D eigenvalue weighted by molar-refractivity contribution is 7.04. The maximum absolute atomic E-state index is 2.42. The van der Waals surface area contributed by atoms with E-state index in [0.717, 1.165) is 0 Å². The number of hydrogen-bond donors (Lipinski definition) is 0. The monoisotopic (exact) mass is 1530 g/mol. The van der Waals surface area contributed by atoms with Crippen LogP contribution in [0, 0.1) is 0 Å². The van der Waals surface area contributed by atoms with Crippen molar-refractivity contribution >= 4 is 259 Å². The molecule has 0 unspecified atom stereocenters. The number of anilines is 16. The lowest BCUT2D eigenvalue weighted by atomic mass is 9.32. The van der Waals surface area contributed by atoms with Crippen LogP contribution in [0.5, 0.6) is 0 Å². The van der Waals surface area contributed by atoms with Crippen LogP contribution in [-0.4, -0.2) is 83.2 Å². The second-order valence-electron chi connectivity index (χ2n) is 33.8. The molecule has 0 amide bonds. The van der Waals surface area contributed by atoms with Gasteiger partial charge in [-0.25, -0.2) is 0 Å². The van der Waals surface area contributed by atoms with Gasteiger partial charge in [-0.15, -0.1) is 0 Å². The Balaban J connectivity index is 0.0000000910. The van der Waals surface area contributed by atoms with Crippen LogP contribution in [0.1, 0.15) is 0 Å². The van der Waals surface area contributed by atoms with Crippen molar-refractivity contribution in [3.63, 3.8) is 0 Å². The van der Waals surface area contributed by atoms with Crippen molar-refractivity contribution in [3.8, 4) is 0 Å². The summed E-state index contributed by atoms with van der Waals surface area (Å²) in [6.07, 6.45) is 0. The third kappa shape index (κ3) is 10.1. The standard InChI is InChI=1S/3C28H21BN2.C24H19BN2/c1-30-24-12-7-13-25-28(24)29(22-14-18-8-3-5-10-20(18)16-26(22)30)23-15-19-9-4-6-11-21(19)17-27(23)31(25)2;1-30-22-12-7-13-23-28(22)29(26-20-10-5-3-8-18(20)14-16-24(26)30)27-21-11-6-4-9-19(21)15-17-25(27)31(23)2;1-30-23-12-7-13-24-28(23)29(27-21-11-6-5-8-18(21)14-15-25(27)30)22-16-19-9-3-4-10-20(19)17-26(22)31(24)2;1-26-20-11-6-5-10-18(20)25-19-15-14-16-8-3-4-9-17(16)24(19)27(2)22-13-7-12-21(26)23(22)25/h3*3-17H,1-2H3;3-15H,1-2H3. The summed E-state index contributed by atoms with van der Waals surface area (Å²) in [6.45, 7) is 0.942. The zero-order valence-corrected chi connectivity index (χ0v) is 68.4. The van der Waals surface area contributed by atoms with Gasteiger partial charge in [-0.05, 0) is 227 Å². The average Bonchev–Trinajstić information content (AvgIpc) is 0.713. The molecule has 0 atom stereocenters. The quantitative estimate of drug-likeness (QED) is 0.139. The van der Waals surface area contributed by atoms with Crippen molar-refractivity contribution in [2.75, 3.05) is 95.6 Å². The Bertz CT molecular complexity index is 7350. The SMILES string of the molecule is CN1c2cc3ccccc3cc2B2c3c1cccc3N(C)c1ccc3ccccc3c12.CN1c2cc3ccccc3cc2B2c3cc4ccccc4cc3N(C)c3cccc1c32.CN1c2cccc3c2B(c2c1ccc1ccccc21)c1c(ccc2ccccc12)N3C.CN1c2ccccc2B2c3ccc4ccccc4c3N(C)c3cccc1c32. The summed E-state index contributed by atoms with van der Waals surface area (Å²) in [5.74, 6) is 0. The van der Waals surface area contributed by atoms with Gasteiger partial charge in [0.2, 0.25) is 0 Å². The molecule has 8 heterocycles. The third-order valence-electron chi connectivity index (χ3n) is 28.0. The average molecular weight is 1540 g/mol. The highest BCUT2D eigenvalue weighted by atomic mass is 15.2. The molecule has 0 fully saturated rings. The largest absolute Gasteiger partial charge is 0.345 e. The molecule has 566 valence electrons. The van der Waals surface area contributed by atoms with E-state index >= 15 is 0 Å². The van der Waals surface area contributed by atoms with Crippen molar-refractivity contribution in [1.29, 1.82) is 0 Å². The van der Waals surface area contributed by atoms with E-state index in [1.807, 2.05) is 0 Å². The number of fused-ring (bicyclic) bond motifs is 27. The molecular weight excluding hydrogens is 1450 g/mol. The van der Waals surface area contributed by atoms with E-state index in [1.54, 1.807) is 0 Å². The summed E-state index contributed by atoms with van der Waals surface area (Å²) in [6, 6.07) is 130. The fraction of sp³-hybridized carbons (Fsp3) is 0.0741. The predicted octanol–water partition coefficient (Wildman–Crippen LogP) is 17.5. The molecule has 19 aromatic rings. The summed E-state index contributed by atoms with van der Waals surface area (Å²) in [5.41, 5.74) is 37.8. The first-order valence-corrected chi connectivity index (χ1v) is 42.1. The molecule has 27 rings (SSSR count). The summed E-state index contributed by atoms with van der Waals surface area (Å²) < 4.78 is 0. The summed E-state index contributed by atoms with van der Waals surface area (Å²) in [4.78, 5) is 19.0. The van der Waals surface area contributed by atoms with Gasteiger partial charge in [0.25, 0.3) is 26.9 Å². The molecule has 0 aromatic heterocycles. The Kier molecular flexibility index (Phi) is 15.5. The van der Waals surface area contributed by atoms with Crippen LogP contribution in [0.2, 0.25) is 0 Å². The molecule has 0 spiro atoms. The maximum Gasteiger partial charge on any atom is 0.253 e. The number of nitrogens with zero attached hydrogens (tertiary/aromatic N) is 8. The van der Waals surface area contributed by atoms with E-state index in [2.05, 4.69) is 447 Å². The Morgan fingerprint density at radius 1 is 0.142 bits per heavy atom. The van der Waals surface area contributed by atoms with E-state index < -0.39 is 0 Å². The van der Waals surface area contributed by atoms with E-state index in [4.69, 9.17) is 0 Å². The highest BCUT2D eigenvalue weighted by Crippen LogP contribution is 2.45. The summed E-state index contributed by atoms with van der Waals surface area (Å²) in [7, 11) is 17.6. The lowest BCUT2D eigenvalue weighted by Crippen LogP contribution is -2.62. The van der Waals surface area contributed by atoms with Crippen molar-refractivity contribution in [2.45, 2.75) is 0 Å². The van der Waals surface area contributed by atoms with Crippen molar-refractivity contribution in [2.24, 2.45) is 0 Å². The predicted molar refractivity (Wildman–Crippen MR) is 523 cm³/mol. The molecule has 120 heavy (non-hydrogen) atoms. The molecule has 8 aliphatic rings. The minimum absolute atomic E-state index is 0.209. The highest BCUT2D eigenvalue weighted by Gasteiger charge is 2.47. The zero-order chi connectivity index (χ0) is 80.2. The molecule has 8 nitrogen and oxygen atoms in total. The zero-order valence-electron chi connectivity index (χ0n) is 68.4. The fourth-order valence-corrected chi connectivity index (χ4v) is 22.4.